The van der Waals surface area contributed by atoms with Gasteiger partial charge in [0, 0.05) is 12.2 Å². The van der Waals surface area contributed by atoms with Crippen LogP contribution >= 0.6 is 0 Å². The monoisotopic (exact) mass is 256 g/mol. The lowest BCUT2D eigenvalue weighted by Gasteiger charge is -2.08. The molecule has 0 spiro atoms. The first kappa shape index (κ1) is 13.1. The fourth-order valence-electron chi connectivity index (χ4n) is 1.92. The zero-order valence-corrected chi connectivity index (χ0v) is 10.7. The molecule has 0 bridgehead atoms. The van der Waals surface area contributed by atoms with Gasteiger partial charge >= 0.3 is 5.97 Å². The van der Waals surface area contributed by atoms with E-state index < -0.39 is 5.97 Å². The van der Waals surface area contributed by atoms with E-state index in [1.54, 1.807) is 12.1 Å². The molecule has 0 unspecified atom stereocenters. The van der Waals surface area contributed by atoms with Gasteiger partial charge in [0.05, 0.1) is 12.7 Å². The van der Waals surface area contributed by atoms with Crippen molar-refractivity contribution in [1.82, 2.24) is 0 Å². The molecule has 0 atom stereocenters. The summed E-state index contributed by atoms with van der Waals surface area (Å²) in [5.74, 6) is -0.431. The van der Waals surface area contributed by atoms with Crippen LogP contribution in [-0.2, 0) is 11.3 Å². The molecule has 0 heterocycles. The maximum Gasteiger partial charge on any atom is 0.339 e. The number of esters is 1. The number of methoxy groups -OCH3 is 1. The van der Waals surface area contributed by atoms with Crippen LogP contribution in [0.1, 0.15) is 15.9 Å². The normalized spacial score (nSPS) is 10.2. The Morgan fingerprint density at radius 3 is 2.53 bits per heavy atom. The molecular weight excluding hydrogens is 240 g/mol. The van der Waals surface area contributed by atoms with Crippen molar-refractivity contribution < 1.29 is 9.53 Å². The average Bonchev–Trinajstić information content (AvgIpc) is 2.46. The van der Waals surface area contributed by atoms with Crippen molar-refractivity contribution >= 4 is 11.7 Å². The number of anilines is 1. The first-order chi connectivity index (χ1) is 9.15. The summed E-state index contributed by atoms with van der Waals surface area (Å²) in [5.41, 5.74) is 15.3. The van der Waals surface area contributed by atoms with Crippen LogP contribution in [0.25, 0.3) is 11.1 Å². The predicted molar refractivity (Wildman–Crippen MR) is 75.5 cm³/mol. The predicted octanol–water partition coefficient (Wildman–Crippen LogP) is 2.18. The molecule has 19 heavy (non-hydrogen) atoms. The van der Waals surface area contributed by atoms with Gasteiger partial charge in [-0.3, -0.25) is 0 Å². The summed E-state index contributed by atoms with van der Waals surface area (Å²) in [6.07, 6.45) is 0. The zero-order valence-electron chi connectivity index (χ0n) is 10.7. The summed E-state index contributed by atoms with van der Waals surface area (Å²) in [6, 6.07) is 13.2. The van der Waals surface area contributed by atoms with E-state index in [1.165, 1.54) is 7.11 Å². The van der Waals surface area contributed by atoms with E-state index >= 15 is 0 Å². The Morgan fingerprint density at radius 2 is 1.89 bits per heavy atom. The van der Waals surface area contributed by atoms with Gasteiger partial charge in [0.25, 0.3) is 0 Å². The quantitative estimate of drug-likeness (QED) is 0.651. The van der Waals surface area contributed by atoms with Crippen molar-refractivity contribution in [1.29, 1.82) is 0 Å². The molecule has 0 aliphatic heterocycles. The third-order valence-corrected chi connectivity index (χ3v) is 2.95. The second-order valence-corrected chi connectivity index (χ2v) is 4.20. The molecular formula is C15H16N2O2. The number of carbonyl (C=O) groups excluding carboxylic acids is 1. The minimum atomic E-state index is -0.431. The molecule has 2 rings (SSSR count). The number of hydrogen-bond donors (Lipinski definition) is 2. The molecule has 0 aliphatic carbocycles. The Hall–Kier alpha value is -2.33. The van der Waals surface area contributed by atoms with Gasteiger partial charge < -0.3 is 16.2 Å². The maximum atomic E-state index is 11.5. The molecule has 0 radical (unpaired) electrons. The van der Waals surface area contributed by atoms with Gasteiger partial charge in [-0.1, -0.05) is 24.3 Å². The van der Waals surface area contributed by atoms with Gasteiger partial charge in [0.1, 0.15) is 0 Å². The minimum absolute atomic E-state index is 0.376. The zero-order chi connectivity index (χ0) is 13.8. The van der Waals surface area contributed by atoms with Crippen molar-refractivity contribution in [2.45, 2.75) is 6.54 Å². The molecule has 0 saturated carbocycles. The Bertz CT molecular complexity index is 609. The molecule has 0 fully saturated rings. The number of carbonyl (C=O) groups is 1. The number of ether oxygens (including phenoxy) is 1. The van der Waals surface area contributed by atoms with Crippen molar-refractivity contribution in [2.75, 3.05) is 12.8 Å². The van der Waals surface area contributed by atoms with E-state index in [9.17, 15) is 4.79 Å². The lowest BCUT2D eigenvalue weighted by atomic mass is 10.0. The van der Waals surface area contributed by atoms with Crippen LogP contribution in [0.5, 0.6) is 0 Å². The molecule has 98 valence electrons. The van der Waals surface area contributed by atoms with Crippen molar-refractivity contribution in [3.8, 4) is 11.1 Å². The van der Waals surface area contributed by atoms with Gasteiger partial charge in [-0.05, 0) is 34.9 Å². The van der Waals surface area contributed by atoms with E-state index in [1.807, 2.05) is 30.3 Å². The van der Waals surface area contributed by atoms with Gasteiger partial charge in [0.15, 0.2) is 0 Å². The third kappa shape index (κ3) is 2.74. The van der Waals surface area contributed by atoms with Crippen LogP contribution in [-0.4, -0.2) is 13.1 Å². The molecule has 4 heteroatoms. The summed E-state index contributed by atoms with van der Waals surface area (Å²) < 4.78 is 4.66. The number of rotatable bonds is 3. The third-order valence-electron chi connectivity index (χ3n) is 2.95. The minimum Gasteiger partial charge on any atom is -0.465 e. The summed E-state index contributed by atoms with van der Waals surface area (Å²) in [6.45, 7) is 0.490. The highest BCUT2D eigenvalue weighted by Gasteiger charge is 2.10. The molecule has 0 aromatic heterocycles. The van der Waals surface area contributed by atoms with Crippen LogP contribution in [0.2, 0.25) is 0 Å². The van der Waals surface area contributed by atoms with Gasteiger partial charge in [-0.25, -0.2) is 4.79 Å². The van der Waals surface area contributed by atoms with Crippen LogP contribution in [0.3, 0.4) is 0 Å². The Morgan fingerprint density at radius 1 is 1.16 bits per heavy atom. The number of benzene rings is 2. The van der Waals surface area contributed by atoms with Crippen LogP contribution in [0, 0.1) is 0 Å². The second kappa shape index (κ2) is 5.54. The SMILES string of the molecule is COC(=O)c1ccc(-c2cccc(CN)c2)cc1N. The van der Waals surface area contributed by atoms with Crippen molar-refractivity contribution in [2.24, 2.45) is 5.73 Å². The fraction of sp³-hybridized carbons (Fsp3) is 0.133. The number of nitrogen functional groups attached to an aromatic ring is 1. The van der Waals surface area contributed by atoms with E-state index in [4.69, 9.17) is 11.5 Å². The van der Waals surface area contributed by atoms with Crippen molar-refractivity contribution in [3.05, 3.63) is 53.6 Å². The van der Waals surface area contributed by atoms with E-state index in [-0.39, 0.29) is 0 Å². The van der Waals surface area contributed by atoms with Gasteiger partial charge in [-0.15, -0.1) is 0 Å². The van der Waals surface area contributed by atoms with E-state index in [0.29, 0.717) is 17.8 Å². The van der Waals surface area contributed by atoms with Gasteiger partial charge in [-0.2, -0.15) is 0 Å². The topological polar surface area (TPSA) is 78.3 Å². The Labute approximate surface area is 112 Å². The molecule has 2 aromatic carbocycles. The highest BCUT2D eigenvalue weighted by atomic mass is 16.5. The Balaban J connectivity index is 2.41. The molecule has 0 amide bonds. The largest absolute Gasteiger partial charge is 0.465 e. The summed E-state index contributed by atoms with van der Waals surface area (Å²) >= 11 is 0. The van der Waals surface area contributed by atoms with Gasteiger partial charge in [0.2, 0.25) is 0 Å². The standard InChI is InChI=1S/C15H16N2O2/c1-19-15(18)13-6-5-12(8-14(13)17)11-4-2-3-10(7-11)9-16/h2-8H,9,16-17H2,1H3. The highest BCUT2D eigenvalue weighted by molar-refractivity contribution is 5.96. The highest BCUT2D eigenvalue weighted by Crippen LogP contribution is 2.25. The number of hydrogen-bond acceptors (Lipinski definition) is 4. The van der Waals surface area contributed by atoms with Crippen LogP contribution in [0.4, 0.5) is 5.69 Å². The summed E-state index contributed by atoms with van der Waals surface area (Å²) in [7, 11) is 1.33. The first-order valence-corrected chi connectivity index (χ1v) is 5.93. The molecule has 0 aliphatic rings. The molecule has 4 nitrogen and oxygen atoms in total. The average molecular weight is 256 g/mol. The second-order valence-electron chi connectivity index (χ2n) is 4.20. The maximum absolute atomic E-state index is 11.5. The van der Waals surface area contributed by atoms with E-state index in [2.05, 4.69) is 4.74 Å². The fourth-order valence-corrected chi connectivity index (χ4v) is 1.92. The molecule has 2 aromatic rings. The van der Waals surface area contributed by atoms with Crippen molar-refractivity contribution in [3.63, 3.8) is 0 Å². The number of nitrogens with two attached hydrogens (primary N) is 2. The van der Waals surface area contributed by atoms with Crippen LogP contribution < -0.4 is 11.5 Å². The first-order valence-electron chi connectivity index (χ1n) is 5.93. The molecule has 0 saturated heterocycles. The lowest BCUT2D eigenvalue weighted by molar-refractivity contribution is 0.0602. The smallest absolute Gasteiger partial charge is 0.339 e. The van der Waals surface area contributed by atoms with Crippen LogP contribution in [0.15, 0.2) is 42.5 Å². The Kier molecular flexibility index (Phi) is 3.82. The summed E-state index contributed by atoms with van der Waals surface area (Å²) in [5, 5.41) is 0. The molecule has 4 N–H and O–H groups in total. The van der Waals surface area contributed by atoms with E-state index in [0.717, 1.165) is 16.7 Å². The summed E-state index contributed by atoms with van der Waals surface area (Å²) in [4.78, 5) is 11.5. The lowest BCUT2D eigenvalue weighted by Crippen LogP contribution is -2.05.